The molecule has 1 rings (SSSR count). The third-order valence-corrected chi connectivity index (χ3v) is 1.97. The van der Waals surface area contributed by atoms with Crippen LogP contribution in [0.15, 0.2) is 0 Å². The van der Waals surface area contributed by atoms with Crippen molar-refractivity contribution in [3.05, 3.63) is 0 Å². The maximum atomic E-state index is 12.3. The van der Waals surface area contributed by atoms with Gasteiger partial charge in [-0.3, -0.25) is 0 Å². The standard InChI is InChI=1S/C6H11F2NO/c1-9-6(5(7)8)2-3-10-4-6/h5,9H,2-4H2,1H3. The molecule has 0 aromatic carbocycles. The van der Waals surface area contributed by atoms with Crippen molar-refractivity contribution >= 4 is 0 Å². The first-order valence-corrected chi connectivity index (χ1v) is 3.26. The fourth-order valence-electron chi connectivity index (χ4n) is 1.06. The zero-order valence-corrected chi connectivity index (χ0v) is 5.86. The summed E-state index contributed by atoms with van der Waals surface area (Å²) in [4.78, 5) is 0. The van der Waals surface area contributed by atoms with Crippen molar-refractivity contribution in [2.45, 2.75) is 18.4 Å². The van der Waals surface area contributed by atoms with Crippen LogP contribution in [0.25, 0.3) is 0 Å². The van der Waals surface area contributed by atoms with E-state index in [0.29, 0.717) is 13.0 Å². The fraction of sp³-hybridized carbons (Fsp3) is 1.00. The molecule has 2 nitrogen and oxygen atoms in total. The minimum Gasteiger partial charge on any atom is -0.379 e. The Hall–Kier alpha value is -0.220. The van der Waals surface area contributed by atoms with E-state index in [1.54, 1.807) is 7.05 Å². The predicted octanol–water partition coefficient (Wildman–Crippen LogP) is 0.630. The van der Waals surface area contributed by atoms with E-state index in [4.69, 9.17) is 4.74 Å². The second-order valence-electron chi connectivity index (χ2n) is 2.51. The third kappa shape index (κ3) is 1.13. The zero-order chi connectivity index (χ0) is 7.61. The topological polar surface area (TPSA) is 21.3 Å². The summed E-state index contributed by atoms with van der Waals surface area (Å²) in [6.07, 6.45) is -1.93. The van der Waals surface area contributed by atoms with E-state index < -0.39 is 12.0 Å². The summed E-state index contributed by atoms with van der Waals surface area (Å²) in [5.74, 6) is 0. The quantitative estimate of drug-likeness (QED) is 0.625. The van der Waals surface area contributed by atoms with Crippen LogP contribution >= 0.6 is 0 Å². The van der Waals surface area contributed by atoms with Gasteiger partial charge in [0.15, 0.2) is 0 Å². The van der Waals surface area contributed by atoms with E-state index >= 15 is 0 Å². The Kier molecular flexibility index (Phi) is 2.21. The van der Waals surface area contributed by atoms with Gasteiger partial charge in [-0.1, -0.05) is 0 Å². The van der Waals surface area contributed by atoms with Crippen LogP contribution in [0.4, 0.5) is 8.78 Å². The molecule has 4 heteroatoms. The van der Waals surface area contributed by atoms with Crippen LogP contribution in [-0.2, 0) is 4.74 Å². The fourth-order valence-corrected chi connectivity index (χ4v) is 1.06. The van der Waals surface area contributed by atoms with Crippen molar-refractivity contribution in [3.63, 3.8) is 0 Å². The summed E-state index contributed by atoms with van der Waals surface area (Å²) >= 11 is 0. The van der Waals surface area contributed by atoms with Gasteiger partial charge in [0.2, 0.25) is 0 Å². The van der Waals surface area contributed by atoms with Gasteiger partial charge in [0.25, 0.3) is 6.43 Å². The van der Waals surface area contributed by atoms with Crippen LogP contribution in [0.5, 0.6) is 0 Å². The van der Waals surface area contributed by atoms with Gasteiger partial charge in [-0.25, -0.2) is 8.78 Å². The molecule has 0 bridgehead atoms. The molecule has 1 heterocycles. The molecule has 0 amide bonds. The lowest BCUT2D eigenvalue weighted by atomic mass is 10.0. The molecule has 1 fully saturated rings. The first kappa shape index (κ1) is 7.88. The maximum absolute atomic E-state index is 12.3. The van der Waals surface area contributed by atoms with Crippen LogP contribution in [0.3, 0.4) is 0 Å². The minimum absolute atomic E-state index is 0.126. The number of hydrogen-bond donors (Lipinski definition) is 1. The molecule has 1 N–H and O–H groups in total. The average molecular weight is 151 g/mol. The number of nitrogens with one attached hydrogen (secondary N) is 1. The summed E-state index contributed by atoms with van der Waals surface area (Å²) < 4.78 is 29.4. The Morgan fingerprint density at radius 1 is 1.60 bits per heavy atom. The maximum Gasteiger partial charge on any atom is 0.258 e. The highest BCUT2D eigenvalue weighted by atomic mass is 19.3. The lowest BCUT2D eigenvalue weighted by Gasteiger charge is -2.25. The van der Waals surface area contributed by atoms with E-state index in [1.165, 1.54) is 0 Å². The lowest BCUT2D eigenvalue weighted by molar-refractivity contribution is 0.0260. The van der Waals surface area contributed by atoms with E-state index in [-0.39, 0.29) is 6.61 Å². The molecule has 0 spiro atoms. The molecule has 60 valence electrons. The van der Waals surface area contributed by atoms with Crippen LogP contribution in [-0.4, -0.2) is 32.2 Å². The molecule has 1 saturated heterocycles. The Morgan fingerprint density at radius 2 is 2.30 bits per heavy atom. The molecule has 1 atom stereocenters. The van der Waals surface area contributed by atoms with Crippen LogP contribution in [0.2, 0.25) is 0 Å². The van der Waals surface area contributed by atoms with Crippen molar-refractivity contribution in [3.8, 4) is 0 Å². The monoisotopic (exact) mass is 151 g/mol. The lowest BCUT2D eigenvalue weighted by Crippen LogP contribution is -2.50. The van der Waals surface area contributed by atoms with E-state index in [0.717, 1.165) is 0 Å². The molecular formula is C6H11F2NO. The average Bonchev–Trinajstić information content (AvgIpc) is 2.35. The van der Waals surface area contributed by atoms with Gasteiger partial charge < -0.3 is 10.1 Å². The Balaban J connectivity index is 2.58. The van der Waals surface area contributed by atoms with Gasteiger partial charge >= 0.3 is 0 Å². The van der Waals surface area contributed by atoms with Crippen molar-refractivity contribution in [2.75, 3.05) is 20.3 Å². The Morgan fingerprint density at radius 3 is 2.50 bits per heavy atom. The van der Waals surface area contributed by atoms with E-state index in [1.807, 2.05) is 0 Å². The number of halogens is 2. The molecule has 0 radical (unpaired) electrons. The molecule has 10 heavy (non-hydrogen) atoms. The predicted molar refractivity (Wildman–Crippen MR) is 33.2 cm³/mol. The summed E-state index contributed by atoms with van der Waals surface area (Å²) in [6.45, 7) is 0.562. The minimum atomic E-state index is -2.33. The largest absolute Gasteiger partial charge is 0.379 e. The molecule has 0 aliphatic carbocycles. The Bertz CT molecular complexity index is 112. The molecule has 0 saturated carbocycles. The molecule has 0 aromatic heterocycles. The van der Waals surface area contributed by atoms with Crippen molar-refractivity contribution < 1.29 is 13.5 Å². The molecular weight excluding hydrogens is 140 g/mol. The van der Waals surface area contributed by atoms with Crippen molar-refractivity contribution in [2.24, 2.45) is 0 Å². The highest BCUT2D eigenvalue weighted by molar-refractivity contribution is 4.92. The van der Waals surface area contributed by atoms with Crippen molar-refractivity contribution in [1.82, 2.24) is 5.32 Å². The summed E-state index contributed by atoms with van der Waals surface area (Å²) in [7, 11) is 1.54. The van der Waals surface area contributed by atoms with Crippen LogP contribution in [0, 0.1) is 0 Å². The number of hydrogen-bond acceptors (Lipinski definition) is 2. The first-order valence-electron chi connectivity index (χ1n) is 3.26. The van der Waals surface area contributed by atoms with Crippen molar-refractivity contribution in [1.29, 1.82) is 0 Å². The van der Waals surface area contributed by atoms with E-state index in [9.17, 15) is 8.78 Å². The second-order valence-corrected chi connectivity index (χ2v) is 2.51. The van der Waals surface area contributed by atoms with Gasteiger partial charge in [0, 0.05) is 6.61 Å². The number of alkyl halides is 2. The number of rotatable bonds is 2. The highest BCUT2D eigenvalue weighted by Gasteiger charge is 2.42. The van der Waals surface area contributed by atoms with Gasteiger partial charge in [-0.05, 0) is 13.5 Å². The number of likely N-dealkylation sites (N-methyl/N-ethyl adjacent to an activating group) is 1. The molecule has 1 aliphatic rings. The third-order valence-electron chi connectivity index (χ3n) is 1.97. The van der Waals surface area contributed by atoms with Gasteiger partial charge in [0.05, 0.1) is 6.61 Å². The highest BCUT2D eigenvalue weighted by Crippen LogP contribution is 2.24. The summed E-state index contributed by atoms with van der Waals surface area (Å²) in [6, 6.07) is 0. The normalized spacial score (nSPS) is 33.6. The van der Waals surface area contributed by atoms with Crippen LogP contribution in [0.1, 0.15) is 6.42 Å². The van der Waals surface area contributed by atoms with E-state index in [2.05, 4.69) is 5.32 Å². The smallest absolute Gasteiger partial charge is 0.258 e. The SMILES string of the molecule is CNC1(C(F)F)CCOC1. The Labute approximate surface area is 58.6 Å². The van der Waals surface area contributed by atoms with Crippen LogP contribution < -0.4 is 5.32 Å². The first-order chi connectivity index (χ1) is 4.71. The number of ether oxygens (including phenoxy) is 1. The second kappa shape index (κ2) is 2.80. The molecule has 1 unspecified atom stereocenters. The van der Waals surface area contributed by atoms with Gasteiger partial charge in [-0.15, -0.1) is 0 Å². The molecule has 1 aliphatic heterocycles. The zero-order valence-electron chi connectivity index (χ0n) is 5.86. The molecule has 0 aromatic rings. The summed E-state index contributed by atoms with van der Waals surface area (Å²) in [5, 5.41) is 2.60. The van der Waals surface area contributed by atoms with Gasteiger partial charge in [-0.2, -0.15) is 0 Å². The summed E-state index contributed by atoms with van der Waals surface area (Å²) in [5.41, 5.74) is -1.07. The van der Waals surface area contributed by atoms with Gasteiger partial charge in [0.1, 0.15) is 5.54 Å².